The number of nitrogens with zero attached hydrogens (tertiary/aromatic N) is 3. The van der Waals surface area contributed by atoms with Crippen LogP contribution in [0.1, 0.15) is 13.3 Å². The topological polar surface area (TPSA) is 73.6 Å². The summed E-state index contributed by atoms with van der Waals surface area (Å²) >= 11 is 0. The Morgan fingerprint density at radius 3 is 2.71 bits per heavy atom. The summed E-state index contributed by atoms with van der Waals surface area (Å²) in [6.07, 6.45) is 0.136. The number of carbonyl (C=O) groups excluding carboxylic acids is 2. The van der Waals surface area contributed by atoms with Gasteiger partial charge in [0.05, 0.1) is 18.1 Å². The highest BCUT2D eigenvalue weighted by atomic mass is 16.5. The minimum Gasteiger partial charge on any atom is -0.375 e. The first-order valence-corrected chi connectivity index (χ1v) is 5.58. The first-order valence-electron chi connectivity index (χ1n) is 5.58. The second-order valence-corrected chi connectivity index (χ2v) is 4.41. The lowest BCUT2D eigenvalue weighted by Gasteiger charge is -2.57. The number of hydrogen-bond donors (Lipinski definition) is 0. The van der Waals surface area contributed by atoms with Gasteiger partial charge in [0.2, 0.25) is 5.91 Å². The quantitative estimate of drug-likeness (QED) is 0.687. The first kappa shape index (κ1) is 11.9. The van der Waals surface area contributed by atoms with Crippen molar-refractivity contribution in [2.75, 3.05) is 20.7 Å². The zero-order valence-electron chi connectivity index (χ0n) is 10.1. The SMILES string of the molecule is CCO[C@H]1C[C@H]2C(=O)N(C)C(=O)N(C)[C@@]12C#N. The average molecular weight is 237 g/mol. The summed E-state index contributed by atoms with van der Waals surface area (Å²) in [4.78, 5) is 26.2. The van der Waals surface area contributed by atoms with E-state index in [1.807, 2.05) is 6.92 Å². The zero-order valence-corrected chi connectivity index (χ0v) is 10.1. The summed E-state index contributed by atoms with van der Waals surface area (Å²) in [5, 5.41) is 9.37. The highest BCUT2D eigenvalue weighted by Crippen LogP contribution is 2.48. The Hall–Kier alpha value is -1.61. The highest BCUT2D eigenvalue weighted by Gasteiger charge is 2.67. The van der Waals surface area contributed by atoms with Crippen LogP contribution >= 0.6 is 0 Å². The van der Waals surface area contributed by atoms with Gasteiger partial charge >= 0.3 is 6.03 Å². The Bertz CT molecular complexity index is 397. The second kappa shape index (κ2) is 3.70. The maximum atomic E-state index is 11.9. The van der Waals surface area contributed by atoms with Gasteiger partial charge in [-0.3, -0.25) is 9.69 Å². The van der Waals surface area contributed by atoms with Gasteiger partial charge in [0.25, 0.3) is 0 Å². The first-order chi connectivity index (χ1) is 8.00. The van der Waals surface area contributed by atoms with Gasteiger partial charge in [0, 0.05) is 20.7 Å². The van der Waals surface area contributed by atoms with Crippen molar-refractivity contribution in [1.82, 2.24) is 9.80 Å². The minimum absolute atomic E-state index is 0.286. The van der Waals surface area contributed by atoms with Crippen molar-refractivity contribution in [1.29, 1.82) is 5.26 Å². The van der Waals surface area contributed by atoms with E-state index in [2.05, 4.69) is 6.07 Å². The molecule has 2 rings (SSSR count). The number of urea groups is 1. The summed E-state index contributed by atoms with van der Waals surface area (Å²) in [5.74, 6) is -0.748. The molecule has 1 aliphatic heterocycles. The number of hydrogen-bond acceptors (Lipinski definition) is 4. The second-order valence-electron chi connectivity index (χ2n) is 4.41. The maximum Gasteiger partial charge on any atom is 0.327 e. The average Bonchev–Trinajstić information content (AvgIpc) is 2.31. The Kier molecular flexibility index (Phi) is 2.59. The molecule has 0 radical (unpaired) electrons. The molecule has 0 N–H and O–H groups in total. The third kappa shape index (κ3) is 1.23. The van der Waals surface area contributed by atoms with Crippen LogP contribution in [0.5, 0.6) is 0 Å². The van der Waals surface area contributed by atoms with Crippen molar-refractivity contribution in [3.63, 3.8) is 0 Å². The van der Waals surface area contributed by atoms with Crippen molar-refractivity contribution in [2.24, 2.45) is 5.92 Å². The van der Waals surface area contributed by atoms with Gasteiger partial charge in [-0.25, -0.2) is 4.79 Å². The molecular formula is C11H15N3O3. The van der Waals surface area contributed by atoms with E-state index in [1.165, 1.54) is 11.9 Å². The van der Waals surface area contributed by atoms with E-state index in [0.29, 0.717) is 13.0 Å². The number of rotatable bonds is 2. The molecule has 17 heavy (non-hydrogen) atoms. The fraction of sp³-hybridized carbons (Fsp3) is 0.727. The lowest BCUT2D eigenvalue weighted by atomic mass is 9.62. The Morgan fingerprint density at radius 2 is 2.18 bits per heavy atom. The van der Waals surface area contributed by atoms with Gasteiger partial charge in [0.1, 0.15) is 0 Å². The molecule has 1 heterocycles. The van der Waals surface area contributed by atoms with Crippen LogP contribution in [0.15, 0.2) is 0 Å². The molecule has 0 bridgehead atoms. The van der Waals surface area contributed by atoms with Crippen LogP contribution in [0.4, 0.5) is 4.79 Å². The Labute approximate surface area is 99.7 Å². The zero-order chi connectivity index (χ0) is 12.8. The normalized spacial score (nSPS) is 36.4. The smallest absolute Gasteiger partial charge is 0.327 e. The van der Waals surface area contributed by atoms with Gasteiger partial charge in [-0.2, -0.15) is 5.26 Å². The maximum absolute atomic E-state index is 11.9. The molecule has 6 nitrogen and oxygen atoms in total. The van der Waals surface area contributed by atoms with Crippen LogP contribution in [0.2, 0.25) is 0 Å². The van der Waals surface area contributed by atoms with Crippen LogP contribution in [-0.4, -0.2) is 54.1 Å². The molecular weight excluding hydrogens is 222 g/mol. The van der Waals surface area contributed by atoms with Crippen molar-refractivity contribution in [3.8, 4) is 6.07 Å². The lowest BCUT2D eigenvalue weighted by molar-refractivity contribution is -0.173. The molecule has 2 fully saturated rings. The lowest BCUT2D eigenvalue weighted by Crippen LogP contribution is -2.77. The van der Waals surface area contributed by atoms with E-state index in [-0.39, 0.29) is 12.0 Å². The molecule has 1 saturated heterocycles. The van der Waals surface area contributed by atoms with Gasteiger partial charge in [-0.1, -0.05) is 0 Å². The van der Waals surface area contributed by atoms with Gasteiger partial charge in [-0.05, 0) is 13.3 Å². The fourth-order valence-electron chi connectivity index (χ4n) is 2.71. The number of carbonyl (C=O) groups is 2. The largest absolute Gasteiger partial charge is 0.375 e. The Morgan fingerprint density at radius 1 is 1.53 bits per heavy atom. The summed E-state index contributed by atoms with van der Waals surface area (Å²) in [7, 11) is 2.99. The van der Waals surface area contributed by atoms with Crippen molar-refractivity contribution in [3.05, 3.63) is 0 Å². The van der Waals surface area contributed by atoms with Crippen LogP contribution in [0.25, 0.3) is 0 Å². The Balaban J connectivity index is 2.38. The molecule has 0 unspecified atom stereocenters. The van der Waals surface area contributed by atoms with Crippen LogP contribution < -0.4 is 0 Å². The van der Waals surface area contributed by atoms with Crippen molar-refractivity contribution in [2.45, 2.75) is 25.0 Å². The summed E-state index contributed by atoms with van der Waals surface area (Å²) in [6.45, 7) is 2.30. The number of fused-ring (bicyclic) bond motifs is 1. The van der Waals surface area contributed by atoms with E-state index in [9.17, 15) is 14.9 Å². The number of imide groups is 1. The summed E-state index contributed by atoms with van der Waals surface area (Å²) in [6, 6.07) is 1.67. The van der Waals surface area contributed by atoms with Crippen LogP contribution in [0, 0.1) is 17.2 Å². The molecule has 1 aliphatic carbocycles. The molecule has 0 spiro atoms. The monoisotopic (exact) mass is 237 g/mol. The van der Waals surface area contributed by atoms with E-state index in [4.69, 9.17) is 4.74 Å². The molecule has 0 aromatic carbocycles. The van der Waals surface area contributed by atoms with E-state index < -0.39 is 17.5 Å². The van der Waals surface area contributed by atoms with E-state index >= 15 is 0 Å². The fourth-order valence-corrected chi connectivity index (χ4v) is 2.71. The molecule has 0 aromatic rings. The van der Waals surface area contributed by atoms with Crippen LogP contribution in [0.3, 0.4) is 0 Å². The van der Waals surface area contributed by atoms with E-state index in [1.54, 1.807) is 7.05 Å². The molecule has 6 heteroatoms. The summed E-state index contributed by atoms with van der Waals surface area (Å²) < 4.78 is 5.46. The molecule has 0 aromatic heterocycles. The molecule has 1 saturated carbocycles. The van der Waals surface area contributed by atoms with Crippen LogP contribution in [-0.2, 0) is 9.53 Å². The summed E-state index contributed by atoms with van der Waals surface area (Å²) in [5.41, 5.74) is -1.11. The van der Waals surface area contributed by atoms with Gasteiger partial charge in [0.15, 0.2) is 5.54 Å². The predicted molar refractivity (Wildman–Crippen MR) is 57.8 cm³/mol. The van der Waals surface area contributed by atoms with Gasteiger partial charge in [-0.15, -0.1) is 0 Å². The molecule has 3 atom stereocenters. The standard InChI is InChI=1S/C11H15N3O3/c1-4-17-8-5-7-9(15)13(2)10(16)14(3)11(7,8)6-12/h7-8H,4-5H2,1-3H3/t7-,8-,11+/m0/s1. The predicted octanol–water partition coefficient (Wildman–Crippen LogP) is 0.198. The number of nitriles is 1. The molecule has 3 amide bonds. The number of amides is 3. The number of ether oxygens (including phenoxy) is 1. The minimum atomic E-state index is -1.11. The third-order valence-corrected chi connectivity index (χ3v) is 3.78. The van der Waals surface area contributed by atoms with Gasteiger partial charge < -0.3 is 9.64 Å². The highest BCUT2D eigenvalue weighted by molar-refractivity contribution is 6.00. The van der Waals surface area contributed by atoms with Crippen molar-refractivity contribution < 1.29 is 14.3 Å². The van der Waals surface area contributed by atoms with Crippen molar-refractivity contribution >= 4 is 11.9 Å². The molecule has 92 valence electrons. The molecule has 2 aliphatic rings. The van der Waals surface area contributed by atoms with E-state index in [0.717, 1.165) is 4.90 Å². The number of likely N-dealkylation sites (N-methyl/N-ethyl adjacent to an activating group) is 1. The third-order valence-electron chi connectivity index (χ3n) is 3.78.